The molecule has 10 heteroatoms. The molecule has 6 rings (SSSR count). The van der Waals surface area contributed by atoms with Crippen LogP contribution in [0.25, 0.3) is 5.65 Å². The van der Waals surface area contributed by atoms with Crippen molar-refractivity contribution in [1.82, 2.24) is 25.2 Å². The molecule has 256 valence electrons. The Morgan fingerprint density at radius 1 is 1.07 bits per heavy atom. The summed E-state index contributed by atoms with van der Waals surface area (Å²) in [5.41, 5.74) is 2.86. The van der Waals surface area contributed by atoms with Crippen molar-refractivity contribution in [3.8, 4) is 0 Å². The highest BCUT2D eigenvalue weighted by Crippen LogP contribution is 2.43. The van der Waals surface area contributed by atoms with E-state index in [0.717, 1.165) is 61.1 Å². The fourth-order valence-electron chi connectivity index (χ4n) is 4.57. The van der Waals surface area contributed by atoms with Crippen LogP contribution < -0.4 is 10.6 Å². The summed E-state index contributed by atoms with van der Waals surface area (Å²) in [6, 6.07) is 2.02. The van der Waals surface area contributed by atoms with Crippen molar-refractivity contribution < 1.29 is 22.4 Å². The molecule has 4 fully saturated rings. The van der Waals surface area contributed by atoms with Crippen molar-refractivity contribution in [1.29, 1.82) is 0 Å². The molecule has 2 aromatic rings. The van der Waals surface area contributed by atoms with Gasteiger partial charge < -0.3 is 15.4 Å². The SMILES string of the molecule is C1CC1.C=C(CC1CC(C)(F)C1)NCc1cnn2cc(CNC)nc2c1.CC(C)C(C)F.FC1(F)CCCCC1.O=CC1CC1. The minimum absolute atomic E-state index is 0.118. The summed E-state index contributed by atoms with van der Waals surface area (Å²) in [4.78, 5) is 14.1. The molecule has 4 aliphatic rings. The number of aromatic nitrogens is 3. The van der Waals surface area contributed by atoms with Crippen molar-refractivity contribution in [2.45, 2.75) is 142 Å². The van der Waals surface area contributed by atoms with Crippen LogP contribution >= 0.6 is 0 Å². The standard InChI is InChI=1S/C17H24FN5.C6H10F2.C5H11F.C4H6O.C3H6/c1-12(4-13-6-17(2,18)7-13)20-8-14-5-16-22-15(10-19-3)11-23(16)21-9-14;7-6(8)4-2-1-3-5-6;1-4(2)5(3)6;5-3-4-1-2-4;1-2-3-1/h5,9,11,13,19-20H,1,4,6-8,10H2,2-3H3;1-5H2;4-5H,1-3H3;3-4H,1-2H2;1-3H2. The maximum atomic E-state index is 13.5. The van der Waals surface area contributed by atoms with E-state index in [-0.39, 0.29) is 18.8 Å². The van der Waals surface area contributed by atoms with Gasteiger partial charge in [-0.1, -0.05) is 46.1 Å². The van der Waals surface area contributed by atoms with Gasteiger partial charge in [-0.3, -0.25) is 0 Å². The predicted molar refractivity (Wildman–Crippen MR) is 175 cm³/mol. The molecule has 0 aliphatic heterocycles. The Bertz CT molecular complexity index is 1120. The van der Waals surface area contributed by atoms with Crippen LogP contribution in [-0.2, 0) is 17.9 Å². The van der Waals surface area contributed by atoms with Crippen molar-refractivity contribution in [3.05, 3.63) is 42.0 Å². The summed E-state index contributed by atoms with van der Waals surface area (Å²) in [7, 11) is 1.89. The van der Waals surface area contributed by atoms with Gasteiger partial charge >= 0.3 is 0 Å². The number of fused-ring (bicyclic) bond motifs is 1. The monoisotopic (exact) mass is 639 g/mol. The fraction of sp³-hybridized carbons (Fsp3) is 0.743. The molecular weight excluding hydrogens is 582 g/mol. The van der Waals surface area contributed by atoms with Crippen LogP contribution in [0.15, 0.2) is 30.7 Å². The number of nitrogens with one attached hydrogen (secondary N) is 2. The zero-order chi connectivity index (χ0) is 33.5. The molecule has 0 saturated heterocycles. The van der Waals surface area contributed by atoms with E-state index in [2.05, 4.69) is 27.3 Å². The molecule has 2 heterocycles. The third-order valence-electron chi connectivity index (χ3n) is 7.96. The number of carbonyl (C=O) groups excluding carboxylic acids is 1. The number of allylic oxidation sites excluding steroid dienone is 1. The molecule has 2 aromatic heterocycles. The van der Waals surface area contributed by atoms with Gasteiger partial charge in [-0.05, 0) is 89.3 Å². The van der Waals surface area contributed by atoms with E-state index in [9.17, 15) is 22.4 Å². The van der Waals surface area contributed by atoms with Gasteiger partial charge in [-0.15, -0.1) is 0 Å². The van der Waals surface area contributed by atoms with Gasteiger partial charge in [-0.25, -0.2) is 27.1 Å². The number of carbonyl (C=O) groups is 1. The predicted octanol–water partition coefficient (Wildman–Crippen LogP) is 8.93. The largest absolute Gasteiger partial charge is 0.385 e. The topological polar surface area (TPSA) is 71.3 Å². The van der Waals surface area contributed by atoms with E-state index in [0.29, 0.717) is 44.1 Å². The third-order valence-corrected chi connectivity index (χ3v) is 7.96. The second kappa shape index (κ2) is 19.2. The average Bonchev–Trinajstić information content (AvgIpc) is 3.89. The highest BCUT2D eigenvalue weighted by atomic mass is 19.3. The zero-order valence-electron chi connectivity index (χ0n) is 28.2. The van der Waals surface area contributed by atoms with Crippen LogP contribution in [-0.4, -0.2) is 45.7 Å². The van der Waals surface area contributed by atoms with E-state index < -0.39 is 17.8 Å². The number of imidazole rings is 1. The summed E-state index contributed by atoms with van der Waals surface area (Å²) in [5.74, 6) is -1.26. The molecule has 4 aliphatic carbocycles. The smallest absolute Gasteiger partial charge is 0.248 e. The maximum Gasteiger partial charge on any atom is 0.248 e. The van der Waals surface area contributed by atoms with Gasteiger partial charge in [-0.2, -0.15) is 5.10 Å². The summed E-state index contributed by atoms with van der Waals surface area (Å²) in [5, 5.41) is 10.8. The van der Waals surface area contributed by atoms with Crippen LogP contribution in [0.3, 0.4) is 0 Å². The van der Waals surface area contributed by atoms with Gasteiger partial charge in [0.15, 0.2) is 5.65 Å². The van der Waals surface area contributed by atoms with Gasteiger partial charge in [0.05, 0.1) is 24.3 Å². The molecule has 4 saturated carbocycles. The van der Waals surface area contributed by atoms with Crippen LogP contribution in [0.2, 0.25) is 0 Å². The lowest BCUT2D eigenvalue weighted by atomic mass is 9.71. The van der Waals surface area contributed by atoms with Crippen LogP contribution in [0, 0.1) is 17.8 Å². The number of nitrogens with zero attached hydrogens (tertiary/aromatic N) is 3. The Kier molecular flexibility index (Phi) is 16.5. The Hall–Kier alpha value is -2.49. The lowest BCUT2D eigenvalue weighted by Crippen LogP contribution is -2.37. The van der Waals surface area contributed by atoms with Gasteiger partial charge in [0, 0.05) is 37.5 Å². The number of aldehydes is 1. The first-order chi connectivity index (χ1) is 21.2. The first-order valence-corrected chi connectivity index (χ1v) is 16.8. The zero-order valence-corrected chi connectivity index (χ0v) is 28.2. The molecule has 6 nitrogen and oxygen atoms in total. The summed E-state index contributed by atoms with van der Waals surface area (Å²) >= 11 is 0. The first kappa shape index (κ1) is 38.7. The number of hydrogen-bond acceptors (Lipinski definition) is 5. The summed E-state index contributed by atoms with van der Waals surface area (Å²) < 4.78 is 51.5. The normalized spacial score (nSPS) is 23.2. The highest BCUT2D eigenvalue weighted by Gasteiger charge is 2.40. The fourth-order valence-corrected chi connectivity index (χ4v) is 4.57. The molecule has 45 heavy (non-hydrogen) atoms. The number of hydrogen-bond donors (Lipinski definition) is 2. The molecule has 0 radical (unpaired) electrons. The highest BCUT2D eigenvalue weighted by molar-refractivity contribution is 5.56. The van der Waals surface area contributed by atoms with E-state index >= 15 is 0 Å². The average molecular weight is 640 g/mol. The van der Waals surface area contributed by atoms with E-state index in [1.54, 1.807) is 18.4 Å². The maximum absolute atomic E-state index is 13.5. The number of rotatable bonds is 9. The molecule has 0 bridgehead atoms. The van der Waals surface area contributed by atoms with Crippen molar-refractivity contribution >= 4 is 11.9 Å². The van der Waals surface area contributed by atoms with E-state index in [4.69, 9.17) is 0 Å². The lowest BCUT2D eigenvalue weighted by molar-refractivity contribution is -0.108. The molecule has 0 amide bonds. The van der Waals surface area contributed by atoms with Crippen molar-refractivity contribution in [2.75, 3.05) is 7.05 Å². The van der Waals surface area contributed by atoms with E-state index in [1.807, 2.05) is 39.4 Å². The second-order valence-corrected chi connectivity index (χ2v) is 13.7. The Balaban J connectivity index is 0.000000257. The number of alkyl halides is 4. The molecule has 0 aromatic carbocycles. The second-order valence-electron chi connectivity index (χ2n) is 13.7. The van der Waals surface area contributed by atoms with E-state index in [1.165, 1.54) is 19.3 Å². The van der Waals surface area contributed by atoms with Crippen LogP contribution in [0.1, 0.15) is 122 Å². The summed E-state index contributed by atoms with van der Waals surface area (Å²) in [6.07, 6.45) is 15.7. The molecule has 0 spiro atoms. The van der Waals surface area contributed by atoms with Crippen molar-refractivity contribution in [3.63, 3.8) is 0 Å². The molecule has 1 unspecified atom stereocenters. The van der Waals surface area contributed by atoms with Gasteiger partial charge in [0.1, 0.15) is 12.0 Å². The molecule has 1 atom stereocenters. The lowest BCUT2D eigenvalue weighted by Gasteiger charge is -2.39. The number of halogens is 4. The quantitative estimate of drug-likeness (QED) is 0.212. The minimum Gasteiger partial charge on any atom is -0.385 e. The Labute approximate surface area is 268 Å². The van der Waals surface area contributed by atoms with Gasteiger partial charge in [0.25, 0.3) is 0 Å². The van der Waals surface area contributed by atoms with Crippen molar-refractivity contribution in [2.24, 2.45) is 17.8 Å². The Morgan fingerprint density at radius 3 is 2.04 bits per heavy atom. The molecule has 2 N–H and O–H groups in total. The molecular formula is C35H57F4N5O. The van der Waals surface area contributed by atoms with Crippen LogP contribution in [0.5, 0.6) is 0 Å². The minimum atomic E-state index is -2.32. The van der Waals surface area contributed by atoms with Crippen LogP contribution in [0.4, 0.5) is 17.6 Å². The van der Waals surface area contributed by atoms with Gasteiger partial charge in [0.2, 0.25) is 5.92 Å². The third kappa shape index (κ3) is 17.7. The Morgan fingerprint density at radius 2 is 1.64 bits per heavy atom. The first-order valence-electron chi connectivity index (χ1n) is 16.8. The summed E-state index contributed by atoms with van der Waals surface area (Å²) in [6.45, 7) is 12.4.